The zero-order chi connectivity index (χ0) is 6.15. The Bertz CT molecular complexity index is 135. The van der Waals surface area contributed by atoms with Crippen molar-refractivity contribution in [1.29, 1.82) is 0 Å². The fraction of sp³-hybridized carbons (Fsp3) is 0.500. The number of carbonyl (C=O) groups is 2. The predicted octanol–water partition coefficient (Wildman–Crippen LogP) is -1.12. The Balaban J connectivity index is 2.49. The molecule has 8 heavy (non-hydrogen) atoms. The number of hydrogen-bond donors (Lipinski definition) is 1. The van der Waals surface area contributed by atoms with Crippen LogP contribution in [-0.4, -0.2) is 23.4 Å². The molecular formula is C4H6N2O2. The Morgan fingerprint density at radius 1 is 1.88 bits per heavy atom. The summed E-state index contributed by atoms with van der Waals surface area (Å²) in [5.74, 6) is -0.404. The van der Waals surface area contributed by atoms with Crippen molar-refractivity contribution in [3.8, 4) is 0 Å². The van der Waals surface area contributed by atoms with Gasteiger partial charge >= 0.3 is 0 Å². The standard InChI is InChI=1S/C4H6N2O2/c1-3(7)6-4(8)2-5-6/h5H,2H2,1H3. The van der Waals surface area contributed by atoms with Crippen LogP contribution in [0.15, 0.2) is 0 Å². The van der Waals surface area contributed by atoms with Crippen LogP contribution in [0.5, 0.6) is 0 Å². The summed E-state index contributed by atoms with van der Waals surface area (Å²) >= 11 is 0. The SMILES string of the molecule is CC(=O)N1NCC1=O. The van der Waals surface area contributed by atoms with Gasteiger partial charge in [0.1, 0.15) is 0 Å². The summed E-state index contributed by atoms with van der Waals surface area (Å²) in [6.07, 6.45) is 0. The molecule has 0 saturated carbocycles. The minimum Gasteiger partial charge on any atom is -0.273 e. The molecule has 0 aromatic heterocycles. The average Bonchev–Trinajstić information content (AvgIpc) is 1.61. The molecule has 0 unspecified atom stereocenters. The lowest BCUT2D eigenvalue weighted by molar-refractivity contribution is -0.156. The van der Waals surface area contributed by atoms with E-state index in [1.165, 1.54) is 6.92 Å². The zero-order valence-corrected chi connectivity index (χ0v) is 4.47. The number of amides is 2. The summed E-state index contributed by atoms with van der Waals surface area (Å²) in [5, 5.41) is 0.986. The molecular weight excluding hydrogens is 108 g/mol. The van der Waals surface area contributed by atoms with Crippen molar-refractivity contribution in [3.63, 3.8) is 0 Å². The van der Waals surface area contributed by atoms with Gasteiger partial charge < -0.3 is 0 Å². The van der Waals surface area contributed by atoms with Crippen LogP contribution in [0.1, 0.15) is 6.92 Å². The predicted molar refractivity (Wildman–Crippen MR) is 25.5 cm³/mol. The van der Waals surface area contributed by atoms with Crippen molar-refractivity contribution in [2.45, 2.75) is 6.92 Å². The lowest BCUT2D eigenvalue weighted by Gasteiger charge is -2.27. The average molecular weight is 114 g/mol. The van der Waals surface area contributed by atoms with Gasteiger partial charge in [0.15, 0.2) is 0 Å². The molecule has 1 aliphatic rings. The molecule has 44 valence electrons. The Hall–Kier alpha value is -0.900. The van der Waals surface area contributed by atoms with Gasteiger partial charge in [0.25, 0.3) is 5.91 Å². The van der Waals surface area contributed by atoms with Crippen LogP contribution in [0, 0.1) is 0 Å². The third kappa shape index (κ3) is 0.586. The Labute approximate surface area is 46.4 Å². The minimum atomic E-state index is -0.249. The maximum absolute atomic E-state index is 10.3. The highest BCUT2D eigenvalue weighted by Crippen LogP contribution is 1.93. The largest absolute Gasteiger partial charge is 0.273 e. The maximum Gasteiger partial charge on any atom is 0.259 e. The van der Waals surface area contributed by atoms with E-state index in [9.17, 15) is 9.59 Å². The van der Waals surface area contributed by atoms with Crippen LogP contribution in [0.2, 0.25) is 0 Å². The van der Waals surface area contributed by atoms with Crippen molar-refractivity contribution in [3.05, 3.63) is 0 Å². The smallest absolute Gasteiger partial charge is 0.259 e. The van der Waals surface area contributed by atoms with Crippen molar-refractivity contribution >= 4 is 11.8 Å². The summed E-state index contributed by atoms with van der Waals surface area (Å²) in [7, 11) is 0. The van der Waals surface area contributed by atoms with Crippen LogP contribution in [0.3, 0.4) is 0 Å². The first-order valence-electron chi connectivity index (χ1n) is 2.29. The van der Waals surface area contributed by atoms with Crippen LogP contribution in [-0.2, 0) is 9.59 Å². The van der Waals surface area contributed by atoms with Crippen LogP contribution < -0.4 is 5.43 Å². The Morgan fingerprint density at radius 3 is 2.50 bits per heavy atom. The number of imide groups is 1. The molecule has 0 bridgehead atoms. The highest BCUT2D eigenvalue weighted by atomic mass is 16.2. The van der Waals surface area contributed by atoms with Gasteiger partial charge in [-0.15, -0.1) is 0 Å². The summed E-state index contributed by atoms with van der Waals surface area (Å²) < 4.78 is 0. The lowest BCUT2D eigenvalue weighted by atomic mass is 10.4. The van der Waals surface area contributed by atoms with E-state index in [4.69, 9.17) is 0 Å². The molecule has 0 aromatic carbocycles. The Morgan fingerprint density at radius 2 is 2.50 bits per heavy atom. The summed E-state index contributed by atoms with van der Waals surface area (Å²) in [6, 6.07) is 0. The first-order valence-corrected chi connectivity index (χ1v) is 2.29. The number of rotatable bonds is 0. The second-order valence-electron chi connectivity index (χ2n) is 1.58. The number of nitrogens with one attached hydrogen (secondary N) is 1. The second-order valence-corrected chi connectivity index (χ2v) is 1.58. The van der Waals surface area contributed by atoms with E-state index in [1.807, 2.05) is 0 Å². The maximum atomic E-state index is 10.3. The summed E-state index contributed by atoms with van der Waals surface area (Å²) in [4.78, 5) is 20.6. The van der Waals surface area contributed by atoms with E-state index in [0.717, 1.165) is 5.01 Å². The fourth-order valence-corrected chi connectivity index (χ4v) is 0.510. The lowest BCUT2D eigenvalue weighted by Crippen LogP contribution is -2.60. The molecule has 1 aliphatic heterocycles. The highest BCUT2D eigenvalue weighted by molar-refractivity contribution is 5.98. The molecule has 1 fully saturated rings. The number of hydrogen-bond acceptors (Lipinski definition) is 3. The summed E-state index contributed by atoms with van der Waals surface area (Å²) in [5.41, 5.74) is 2.53. The van der Waals surface area contributed by atoms with Gasteiger partial charge in [-0.05, 0) is 0 Å². The minimum absolute atomic E-state index is 0.155. The molecule has 0 aromatic rings. The van der Waals surface area contributed by atoms with Gasteiger partial charge in [0, 0.05) is 6.92 Å². The molecule has 2 amide bonds. The van der Waals surface area contributed by atoms with Gasteiger partial charge in [0.2, 0.25) is 5.91 Å². The normalized spacial score (nSPS) is 18.1. The van der Waals surface area contributed by atoms with Gasteiger partial charge in [-0.3, -0.25) is 9.59 Å². The number of nitrogens with zero attached hydrogens (tertiary/aromatic N) is 1. The molecule has 0 atom stereocenters. The third-order valence-corrected chi connectivity index (χ3v) is 0.953. The van der Waals surface area contributed by atoms with E-state index in [2.05, 4.69) is 5.43 Å². The molecule has 4 nitrogen and oxygen atoms in total. The summed E-state index contributed by atoms with van der Waals surface area (Å²) in [6.45, 7) is 1.63. The van der Waals surface area contributed by atoms with E-state index >= 15 is 0 Å². The molecule has 0 aliphatic carbocycles. The molecule has 1 saturated heterocycles. The van der Waals surface area contributed by atoms with Crippen LogP contribution >= 0.6 is 0 Å². The first kappa shape index (κ1) is 5.24. The topological polar surface area (TPSA) is 49.4 Å². The van der Waals surface area contributed by atoms with Gasteiger partial charge in [-0.2, -0.15) is 0 Å². The molecule has 1 rings (SSSR count). The molecule has 1 N–H and O–H groups in total. The number of hydrazine groups is 1. The first-order chi connectivity index (χ1) is 3.72. The molecule has 0 spiro atoms. The molecule has 0 radical (unpaired) electrons. The van der Waals surface area contributed by atoms with E-state index in [1.54, 1.807) is 0 Å². The fourth-order valence-electron chi connectivity index (χ4n) is 0.510. The molecule has 1 heterocycles. The van der Waals surface area contributed by atoms with Crippen molar-refractivity contribution in [2.75, 3.05) is 6.54 Å². The zero-order valence-electron chi connectivity index (χ0n) is 4.47. The van der Waals surface area contributed by atoms with Crippen molar-refractivity contribution in [2.24, 2.45) is 0 Å². The Kier molecular flexibility index (Phi) is 1.02. The van der Waals surface area contributed by atoms with Crippen molar-refractivity contribution in [1.82, 2.24) is 10.4 Å². The number of carbonyl (C=O) groups excluding carboxylic acids is 2. The monoisotopic (exact) mass is 114 g/mol. The quantitative estimate of drug-likeness (QED) is 0.434. The van der Waals surface area contributed by atoms with Crippen molar-refractivity contribution < 1.29 is 9.59 Å². The van der Waals surface area contributed by atoms with E-state index in [0.29, 0.717) is 6.54 Å². The van der Waals surface area contributed by atoms with Crippen LogP contribution in [0.4, 0.5) is 0 Å². The third-order valence-electron chi connectivity index (χ3n) is 0.953. The van der Waals surface area contributed by atoms with E-state index < -0.39 is 0 Å². The van der Waals surface area contributed by atoms with Gasteiger partial charge in [0.05, 0.1) is 6.54 Å². The van der Waals surface area contributed by atoms with Gasteiger partial charge in [-0.1, -0.05) is 0 Å². The van der Waals surface area contributed by atoms with Crippen LogP contribution in [0.25, 0.3) is 0 Å². The van der Waals surface area contributed by atoms with E-state index in [-0.39, 0.29) is 11.8 Å². The van der Waals surface area contributed by atoms with Gasteiger partial charge in [-0.25, -0.2) is 10.4 Å². The second kappa shape index (κ2) is 1.56. The molecule has 4 heteroatoms. The highest BCUT2D eigenvalue weighted by Gasteiger charge is 2.26.